The standard InChI is InChI=1S/C28H33N3O7S/c1-19-10-12-24(36-2)23(16-19)31(39(5,34)35)18-27(32)30-22-9-7-6-8-21(22)28(33)29-15-14-20-11-13-25(37-3)26(17-20)38-4/h6-13,16-17H,14-15,18H2,1-5H3,(H,29,33)(H,30,32). The van der Waals surface area contributed by atoms with Gasteiger partial charge in [0.1, 0.15) is 12.3 Å². The van der Waals surface area contributed by atoms with Gasteiger partial charge in [-0.05, 0) is 60.9 Å². The highest BCUT2D eigenvalue weighted by atomic mass is 32.2. The maximum absolute atomic E-state index is 13.0. The molecule has 3 aromatic carbocycles. The number of rotatable bonds is 12. The number of nitrogens with one attached hydrogen (secondary N) is 2. The largest absolute Gasteiger partial charge is 0.495 e. The second kappa shape index (κ2) is 13.0. The molecule has 0 saturated heterocycles. The molecule has 0 aliphatic rings. The molecular formula is C28H33N3O7S. The van der Waals surface area contributed by atoms with Crippen molar-refractivity contribution in [3.05, 3.63) is 77.4 Å². The highest BCUT2D eigenvalue weighted by molar-refractivity contribution is 7.92. The Kier molecular flexibility index (Phi) is 9.78. The number of methoxy groups -OCH3 is 3. The van der Waals surface area contributed by atoms with Crippen LogP contribution in [0, 0.1) is 6.92 Å². The van der Waals surface area contributed by atoms with Crippen molar-refractivity contribution < 1.29 is 32.2 Å². The number of benzene rings is 3. The molecule has 11 heteroatoms. The SMILES string of the molecule is COc1ccc(CCNC(=O)c2ccccc2NC(=O)CN(c2cc(C)ccc2OC)S(C)(=O)=O)cc1OC. The van der Waals surface area contributed by atoms with Crippen LogP contribution in [-0.4, -0.2) is 60.9 Å². The lowest BCUT2D eigenvalue weighted by Crippen LogP contribution is -2.38. The van der Waals surface area contributed by atoms with E-state index < -0.39 is 22.5 Å². The maximum Gasteiger partial charge on any atom is 0.253 e. The monoisotopic (exact) mass is 555 g/mol. The molecule has 0 radical (unpaired) electrons. The molecule has 208 valence electrons. The third-order valence-electron chi connectivity index (χ3n) is 5.88. The van der Waals surface area contributed by atoms with Crippen LogP contribution in [0.5, 0.6) is 17.2 Å². The van der Waals surface area contributed by atoms with Gasteiger partial charge >= 0.3 is 0 Å². The van der Waals surface area contributed by atoms with Crippen molar-refractivity contribution in [3.8, 4) is 17.2 Å². The van der Waals surface area contributed by atoms with Gasteiger partial charge in [-0.1, -0.05) is 24.3 Å². The molecular weight excluding hydrogens is 522 g/mol. The molecule has 0 aliphatic heterocycles. The highest BCUT2D eigenvalue weighted by Gasteiger charge is 2.25. The Balaban J connectivity index is 1.71. The summed E-state index contributed by atoms with van der Waals surface area (Å²) in [5.41, 5.74) is 2.50. The van der Waals surface area contributed by atoms with Gasteiger partial charge in [-0.2, -0.15) is 0 Å². The molecule has 0 saturated carbocycles. The van der Waals surface area contributed by atoms with Crippen LogP contribution < -0.4 is 29.1 Å². The van der Waals surface area contributed by atoms with Gasteiger partial charge in [0.25, 0.3) is 5.91 Å². The lowest BCUT2D eigenvalue weighted by Gasteiger charge is -2.24. The molecule has 10 nitrogen and oxygen atoms in total. The van der Waals surface area contributed by atoms with Gasteiger partial charge < -0.3 is 24.8 Å². The van der Waals surface area contributed by atoms with Crippen LogP contribution in [0.2, 0.25) is 0 Å². The summed E-state index contributed by atoms with van der Waals surface area (Å²) in [6.07, 6.45) is 1.56. The number of nitrogens with zero attached hydrogens (tertiary/aromatic N) is 1. The highest BCUT2D eigenvalue weighted by Crippen LogP contribution is 2.31. The fourth-order valence-corrected chi connectivity index (χ4v) is 4.79. The van der Waals surface area contributed by atoms with Crippen LogP contribution in [0.1, 0.15) is 21.5 Å². The molecule has 0 fully saturated rings. The number of carbonyl (C=O) groups is 2. The molecule has 0 bridgehead atoms. The van der Waals surface area contributed by atoms with E-state index in [2.05, 4.69) is 10.6 Å². The van der Waals surface area contributed by atoms with Crippen molar-refractivity contribution in [2.75, 3.05) is 50.3 Å². The predicted octanol–water partition coefficient (Wildman–Crippen LogP) is 3.40. The van der Waals surface area contributed by atoms with Gasteiger partial charge in [0.15, 0.2) is 11.5 Å². The van der Waals surface area contributed by atoms with Gasteiger partial charge in [0.2, 0.25) is 15.9 Å². The quantitative estimate of drug-likeness (QED) is 0.351. The number of amides is 2. The average Bonchev–Trinajstić information content (AvgIpc) is 2.91. The van der Waals surface area contributed by atoms with Crippen LogP contribution in [0.25, 0.3) is 0 Å². The number of anilines is 2. The van der Waals surface area contributed by atoms with Crippen LogP contribution >= 0.6 is 0 Å². The van der Waals surface area contributed by atoms with Crippen molar-refractivity contribution in [3.63, 3.8) is 0 Å². The number of carbonyl (C=O) groups excluding carboxylic acids is 2. The van der Waals surface area contributed by atoms with Crippen molar-refractivity contribution in [1.82, 2.24) is 5.32 Å². The van der Waals surface area contributed by atoms with Crippen LogP contribution in [0.4, 0.5) is 11.4 Å². The van der Waals surface area contributed by atoms with Gasteiger partial charge in [0.05, 0.1) is 44.5 Å². The number of hydrogen-bond donors (Lipinski definition) is 2. The number of sulfonamides is 1. The predicted molar refractivity (Wildman–Crippen MR) is 151 cm³/mol. The topological polar surface area (TPSA) is 123 Å². The fourth-order valence-electron chi connectivity index (χ4n) is 3.94. The molecule has 2 N–H and O–H groups in total. The Morgan fingerprint density at radius 3 is 2.21 bits per heavy atom. The van der Waals surface area contributed by atoms with Gasteiger partial charge in [-0.15, -0.1) is 0 Å². The summed E-state index contributed by atoms with van der Waals surface area (Å²) >= 11 is 0. The number of aryl methyl sites for hydroxylation is 1. The molecule has 0 aliphatic carbocycles. The average molecular weight is 556 g/mol. The number of para-hydroxylation sites is 1. The zero-order valence-corrected chi connectivity index (χ0v) is 23.4. The van der Waals surface area contributed by atoms with E-state index in [-0.39, 0.29) is 22.8 Å². The van der Waals surface area contributed by atoms with Gasteiger partial charge in [-0.3, -0.25) is 13.9 Å². The first kappa shape index (κ1) is 29.3. The van der Waals surface area contributed by atoms with E-state index in [4.69, 9.17) is 14.2 Å². The van der Waals surface area contributed by atoms with Gasteiger partial charge in [0, 0.05) is 6.54 Å². The normalized spacial score (nSPS) is 10.9. The second-order valence-corrected chi connectivity index (χ2v) is 10.6. The lowest BCUT2D eigenvalue weighted by molar-refractivity contribution is -0.114. The zero-order chi connectivity index (χ0) is 28.6. The van der Waals surface area contributed by atoms with E-state index in [0.29, 0.717) is 30.2 Å². The third-order valence-corrected chi connectivity index (χ3v) is 7.01. The second-order valence-electron chi connectivity index (χ2n) is 8.73. The minimum Gasteiger partial charge on any atom is -0.495 e. The summed E-state index contributed by atoms with van der Waals surface area (Å²) in [6, 6.07) is 17.1. The van der Waals surface area contributed by atoms with E-state index in [9.17, 15) is 18.0 Å². The Hall–Kier alpha value is -4.25. The summed E-state index contributed by atoms with van der Waals surface area (Å²) in [4.78, 5) is 26.0. The number of ether oxygens (including phenoxy) is 3. The third kappa shape index (κ3) is 7.64. The fraction of sp³-hybridized carbons (Fsp3) is 0.286. The Labute approximate surface area is 228 Å². The summed E-state index contributed by atoms with van der Waals surface area (Å²) in [7, 11) is 0.711. The minimum absolute atomic E-state index is 0.247. The first-order valence-corrected chi connectivity index (χ1v) is 13.9. The van der Waals surface area contributed by atoms with Crippen LogP contribution in [0.3, 0.4) is 0 Å². The Morgan fingerprint density at radius 1 is 0.872 bits per heavy atom. The van der Waals surface area contributed by atoms with Gasteiger partial charge in [-0.25, -0.2) is 8.42 Å². The maximum atomic E-state index is 13.0. The summed E-state index contributed by atoms with van der Waals surface area (Å²) in [5, 5.41) is 5.53. The molecule has 0 atom stereocenters. The molecule has 0 spiro atoms. The minimum atomic E-state index is -3.83. The van der Waals surface area contributed by atoms with Crippen molar-refractivity contribution in [2.24, 2.45) is 0 Å². The van der Waals surface area contributed by atoms with Crippen LogP contribution in [0.15, 0.2) is 60.7 Å². The first-order chi connectivity index (χ1) is 18.6. The zero-order valence-electron chi connectivity index (χ0n) is 22.6. The van der Waals surface area contributed by atoms with E-state index in [1.54, 1.807) is 62.8 Å². The molecule has 2 amide bonds. The first-order valence-electron chi connectivity index (χ1n) is 12.1. The molecule has 0 unspecified atom stereocenters. The lowest BCUT2D eigenvalue weighted by atomic mass is 10.1. The molecule has 0 aromatic heterocycles. The summed E-state index contributed by atoms with van der Waals surface area (Å²) in [6.45, 7) is 1.64. The Bertz CT molecular complexity index is 1440. The van der Waals surface area contributed by atoms with E-state index in [1.165, 1.54) is 7.11 Å². The molecule has 0 heterocycles. The smallest absolute Gasteiger partial charge is 0.253 e. The van der Waals surface area contributed by atoms with Crippen molar-refractivity contribution in [2.45, 2.75) is 13.3 Å². The molecule has 39 heavy (non-hydrogen) atoms. The van der Waals surface area contributed by atoms with E-state index in [0.717, 1.165) is 21.7 Å². The van der Waals surface area contributed by atoms with Crippen molar-refractivity contribution >= 4 is 33.2 Å². The van der Waals surface area contributed by atoms with Crippen LogP contribution in [-0.2, 0) is 21.2 Å². The summed E-state index contributed by atoms with van der Waals surface area (Å²) < 4.78 is 42.1. The summed E-state index contributed by atoms with van der Waals surface area (Å²) in [5.74, 6) is 0.528. The van der Waals surface area contributed by atoms with E-state index in [1.807, 2.05) is 19.1 Å². The molecule has 3 aromatic rings. The molecule has 3 rings (SSSR count). The number of hydrogen-bond acceptors (Lipinski definition) is 7. The Morgan fingerprint density at radius 2 is 1.54 bits per heavy atom. The van der Waals surface area contributed by atoms with E-state index >= 15 is 0 Å². The van der Waals surface area contributed by atoms with Crippen molar-refractivity contribution in [1.29, 1.82) is 0 Å².